The second-order valence-electron chi connectivity index (χ2n) is 5.42. The normalized spacial score (nSPS) is 15.7. The maximum Gasteiger partial charge on any atom is 0.239 e. The minimum Gasteiger partial charge on any atom is -0.379 e. The molecule has 1 aromatic rings. The first-order chi connectivity index (χ1) is 10.2. The number of morpholine rings is 1. The van der Waals surface area contributed by atoms with E-state index in [9.17, 15) is 4.79 Å². The predicted molar refractivity (Wildman–Crippen MR) is 84.7 cm³/mol. The molecule has 5 heteroatoms. The lowest BCUT2D eigenvalue weighted by Crippen LogP contribution is -2.42. The van der Waals surface area contributed by atoms with Crippen LogP contribution in [-0.2, 0) is 9.53 Å². The van der Waals surface area contributed by atoms with Crippen LogP contribution in [0, 0.1) is 13.8 Å². The second kappa shape index (κ2) is 8.00. The average Bonchev–Trinajstić information content (AvgIpc) is 2.48. The molecule has 0 spiro atoms. The van der Waals surface area contributed by atoms with E-state index in [0.29, 0.717) is 13.1 Å². The molecule has 116 valence electrons. The van der Waals surface area contributed by atoms with E-state index in [2.05, 4.69) is 15.5 Å². The maximum atomic E-state index is 11.9. The van der Waals surface area contributed by atoms with Crippen molar-refractivity contribution in [3.05, 3.63) is 29.3 Å². The smallest absolute Gasteiger partial charge is 0.239 e. The third kappa shape index (κ3) is 5.02. The van der Waals surface area contributed by atoms with Crippen LogP contribution in [0.3, 0.4) is 0 Å². The zero-order valence-electron chi connectivity index (χ0n) is 12.9. The third-order valence-electron chi connectivity index (χ3n) is 3.76. The molecule has 1 amide bonds. The molecule has 2 N–H and O–H groups in total. The molecule has 1 aliphatic heterocycles. The van der Waals surface area contributed by atoms with Gasteiger partial charge in [-0.25, -0.2) is 0 Å². The quantitative estimate of drug-likeness (QED) is 0.826. The van der Waals surface area contributed by atoms with Crippen LogP contribution in [0.2, 0.25) is 0 Å². The summed E-state index contributed by atoms with van der Waals surface area (Å²) in [5.74, 6) is 0.0333. The van der Waals surface area contributed by atoms with Crippen LogP contribution < -0.4 is 10.6 Å². The van der Waals surface area contributed by atoms with Crippen LogP contribution in [0.4, 0.5) is 5.69 Å². The van der Waals surface area contributed by atoms with Crippen molar-refractivity contribution in [2.45, 2.75) is 13.8 Å². The number of amides is 1. The largest absolute Gasteiger partial charge is 0.379 e. The SMILES string of the molecule is Cc1cccc(C)c1NCC(=O)NCCN1CCOCC1. The number of ether oxygens (including phenoxy) is 1. The Morgan fingerprint density at radius 3 is 2.57 bits per heavy atom. The summed E-state index contributed by atoms with van der Waals surface area (Å²) in [4.78, 5) is 14.2. The Morgan fingerprint density at radius 1 is 1.24 bits per heavy atom. The molecule has 0 aromatic heterocycles. The molecule has 1 aromatic carbocycles. The Kier molecular flexibility index (Phi) is 6.02. The van der Waals surface area contributed by atoms with E-state index in [1.165, 1.54) is 0 Å². The summed E-state index contributed by atoms with van der Waals surface area (Å²) in [6, 6.07) is 6.12. The van der Waals surface area contributed by atoms with Crippen molar-refractivity contribution in [3.8, 4) is 0 Å². The Bertz CT molecular complexity index is 450. The molecular weight excluding hydrogens is 266 g/mol. The van der Waals surface area contributed by atoms with Crippen LogP contribution in [0.15, 0.2) is 18.2 Å². The van der Waals surface area contributed by atoms with Crippen molar-refractivity contribution in [2.75, 3.05) is 51.3 Å². The lowest BCUT2D eigenvalue weighted by atomic mass is 10.1. The van der Waals surface area contributed by atoms with Crippen LogP contribution in [0.5, 0.6) is 0 Å². The Hall–Kier alpha value is -1.59. The number of hydrogen-bond donors (Lipinski definition) is 2. The molecule has 0 atom stereocenters. The molecule has 0 saturated carbocycles. The number of aryl methyl sites for hydroxylation is 2. The van der Waals surface area contributed by atoms with Gasteiger partial charge in [-0.2, -0.15) is 0 Å². The summed E-state index contributed by atoms with van der Waals surface area (Å²) in [6.45, 7) is 9.48. The van der Waals surface area contributed by atoms with Gasteiger partial charge < -0.3 is 15.4 Å². The lowest BCUT2D eigenvalue weighted by Gasteiger charge is -2.26. The van der Waals surface area contributed by atoms with Gasteiger partial charge in [0, 0.05) is 31.9 Å². The molecule has 1 saturated heterocycles. The Balaban J connectivity index is 1.67. The second-order valence-corrected chi connectivity index (χ2v) is 5.42. The van der Waals surface area contributed by atoms with Crippen LogP contribution >= 0.6 is 0 Å². The summed E-state index contributed by atoms with van der Waals surface area (Å²) in [5.41, 5.74) is 3.38. The van der Waals surface area contributed by atoms with Crippen molar-refractivity contribution in [1.82, 2.24) is 10.2 Å². The van der Waals surface area contributed by atoms with Crippen molar-refractivity contribution in [2.24, 2.45) is 0 Å². The molecule has 1 heterocycles. The molecule has 0 aliphatic carbocycles. The van der Waals surface area contributed by atoms with Gasteiger partial charge in [-0.1, -0.05) is 18.2 Å². The zero-order valence-corrected chi connectivity index (χ0v) is 12.9. The first-order valence-corrected chi connectivity index (χ1v) is 7.53. The molecule has 1 aliphatic rings. The number of carbonyl (C=O) groups excluding carboxylic acids is 1. The van der Waals surface area contributed by atoms with Crippen LogP contribution in [0.25, 0.3) is 0 Å². The number of hydrogen-bond acceptors (Lipinski definition) is 4. The Labute approximate surface area is 126 Å². The van der Waals surface area contributed by atoms with Crippen molar-refractivity contribution in [3.63, 3.8) is 0 Å². The van der Waals surface area contributed by atoms with Crippen molar-refractivity contribution >= 4 is 11.6 Å². The molecule has 0 unspecified atom stereocenters. The van der Waals surface area contributed by atoms with E-state index < -0.39 is 0 Å². The highest BCUT2D eigenvalue weighted by Gasteiger charge is 2.10. The highest BCUT2D eigenvalue weighted by molar-refractivity contribution is 5.81. The van der Waals surface area contributed by atoms with Gasteiger partial charge in [-0.05, 0) is 25.0 Å². The van der Waals surface area contributed by atoms with Gasteiger partial charge in [0.25, 0.3) is 0 Å². The highest BCUT2D eigenvalue weighted by atomic mass is 16.5. The van der Waals surface area contributed by atoms with E-state index in [0.717, 1.165) is 49.7 Å². The van der Waals surface area contributed by atoms with Crippen LogP contribution in [-0.4, -0.2) is 56.7 Å². The minimum absolute atomic E-state index is 0.0333. The minimum atomic E-state index is 0.0333. The van der Waals surface area contributed by atoms with Gasteiger partial charge in [0.15, 0.2) is 0 Å². The fourth-order valence-electron chi connectivity index (χ4n) is 2.50. The fraction of sp³-hybridized carbons (Fsp3) is 0.562. The van der Waals surface area contributed by atoms with Gasteiger partial charge in [-0.3, -0.25) is 9.69 Å². The molecular formula is C16H25N3O2. The highest BCUT2D eigenvalue weighted by Crippen LogP contribution is 2.18. The summed E-state index contributed by atoms with van der Waals surface area (Å²) < 4.78 is 5.30. The van der Waals surface area contributed by atoms with Crippen molar-refractivity contribution in [1.29, 1.82) is 0 Å². The van der Waals surface area contributed by atoms with Crippen molar-refractivity contribution < 1.29 is 9.53 Å². The summed E-state index contributed by atoms with van der Waals surface area (Å²) in [7, 11) is 0. The van der Waals surface area contributed by atoms with E-state index in [-0.39, 0.29) is 5.91 Å². The monoisotopic (exact) mass is 291 g/mol. The number of anilines is 1. The van der Waals surface area contributed by atoms with E-state index in [1.54, 1.807) is 0 Å². The van der Waals surface area contributed by atoms with Gasteiger partial charge in [0.1, 0.15) is 0 Å². The van der Waals surface area contributed by atoms with Gasteiger partial charge in [0.2, 0.25) is 5.91 Å². The van der Waals surface area contributed by atoms with Gasteiger partial charge >= 0.3 is 0 Å². The number of para-hydroxylation sites is 1. The molecule has 0 radical (unpaired) electrons. The standard InChI is InChI=1S/C16H25N3O2/c1-13-4-3-5-14(2)16(13)18-12-15(20)17-6-7-19-8-10-21-11-9-19/h3-5,18H,6-12H2,1-2H3,(H,17,20). The average molecular weight is 291 g/mol. The van der Waals surface area contributed by atoms with Gasteiger partial charge in [-0.15, -0.1) is 0 Å². The first-order valence-electron chi connectivity index (χ1n) is 7.53. The number of rotatable bonds is 6. The van der Waals surface area contributed by atoms with Gasteiger partial charge in [0.05, 0.1) is 19.8 Å². The molecule has 21 heavy (non-hydrogen) atoms. The number of carbonyl (C=O) groups is 1. The number of nitrogens with zero attached hydrogens (tertiary/aromatic N) is 1. The lowest BCUT2D eigenvalue weighted by molar-refractivity contribution is -0.119. The topological polar surface area (TPSA) is 53.6 Å². The first kappa shape index (κ1) is 15.8. The summed E-state index contributed by atoms with van der Waals surface area (Å²) in [5, 5.41) is 6.18. The summed E-state index contributed by atoms with van der Waals surface area (Å²) >= 11 is 0. The third-order valence-corrected chi connectivity index (χ3v) is 3.76. The maximum absolute atomic E-state index is 11.9. The van der Waals surface area contributed by atoms with E-state index in [1.807, 2.05) is 32.0 Å². The fourth-order valence-corrected chi connectivity index (χ4v) is 2.50. The Morgan fingerprint density at radius 2 is 1.90 bits per heavy atom. The number of nitrogens with one attached hydrogen (secondary N) is 2. The zero-order chi connectivity index (χ0) is 15.1. The van der Waals surface area contributed by atoms with Crippen LogP contribution in [0.1, 0.15) is 11.1 Å². The van der Waals surface area contributed by atoms with E-state index in [4.69, 9.17) is 4.74 Å². The molecule has 2 rings (SSSR count). The number of benzene rings is 1. The van der Waals surface area contributed by atoms with E-state index >= 15 is 0 Å². The molecule has 0 bridgehead atoms. The summed E-state index contributed by atoms with van der Waals surface area (Å²) in [6.07, 6.45) is 0. The molecule has 5 nitrogen and oxygen atoms in total. The molecule has 1 fully saturated rings. The predicted octanol–water partition coefficient (Wildman–Crippen LogP) is 1.16.